The predicted molar refractivity (Wildman–Crippen MR) is 90.8 cm³/mol. The number of carbonyl (C=O) groups excluding carboxylic acids is 1. The molecule has 2 aromatic rings. The molecule has 0 atom stereocenters. The van der Waals surface area contributed by atoms with Gasteiger partial charge in [-0.15, -0.1) is 0 Å². The minimum Gasteiger partial charge on any atom is -0.338 e. The molecule has 0 radical (unpaired) electrons. The van der Waals surface area contributed by atoms with Crippen LogP contribution in [0.2, 0.25) is 0 Å². The number of amides is 2. The van der Waals surface area contributed by atoms with Crippen LogP contribution in [0.15, 0.2) is 46.9 Å². The molecule has 0 saturated heterocycles. The molecule has 0 saturated carbocycles. The molecule has 2 N–H and O–H groups in total. The molecule has 0 aliphatic carbocycles. The van der Waals surface area contributed by atoms with Crippen LogP contribution >= 0.6 is 15.9 Å². The van der Waals surface area contributed by atoms with Crippen molar-refractivity contribution in [1.29, 1.82) is 0 Å². The molecule has 21 heavy (non-hydrogen) atoms. The first-order valence-corrected chi connectivity index (χ1v) is 7.71. The Balaban J connectivity index is 1.85. The van der Waals surface area contributed by atoms with E-state index in [9.17, 15) is 4.79 Å². The normalized spacial score (nSPS) is 10.2. The van der Waals surface area contributed by atoms with E-state index < -0.39 is 0 Å². The first kappa shape index (κ1) is 15.6. The topological polar surface area (TPSA) is 41.1 Å². The van der Waals surface area contributed by atoms with Crippen molar-refractivity contribution in [1.82, 2.24) is 5.32 Å². The maximum absolute atomic E-state index is 11.9. The van der Waals surface area contributed by atoms with Gasteiger partial charge in [-0.25, -0.2) is 4.79 Å². The Morgan fingerprint density at radius 2 is 1.90 bits per heavy atom. The van der Waals surface area contributed by atoms with Crippen molar-refractivity contribution in [2.45, 2.75) is 20.3 Å². The van der Waals surface area contributed by atoms with Gasteiger partial charge < -0.3 is 10.6 Å². The smallest absolute Gasteiger partial charge is 0.319 e. The SMILES string of the molecule is Cc1ccc(C)c(NC(=O)NCCc2ccccc2Br)c1. The molecule has 0 heterocycles. The summed E-state index contributed by atoms with van der Waals surface area (Å²) in [4.78, 5) is 11.9. The van der Waals surface area contributed by atoms with Crippen LogP contribution in [0, 0.1) is 13.8 Å². The number of benzene rings is 2. The first-order valence-electron chi connectivity index (χ1n) is 6.92. The van der Waals surface area contributed by atoms with E-state index in [1.165, 1.54) is 5.56 Å². The molecular weight excluding hydrogens is 328 g/mol. The number of urea groups is 1. The van der Waals surface area contributed by atoms with Crippen molar-refractivity contribution in [2.24, 2.45) is 0 Å². The summed E-state index contributed by atoms with van der Waals surface area (Å²) in [5, 5.41) is 5.77. The standard InChI is InChI=1S/C17H19BrN2O/c1-12-7-8-13(2)16(11-12)20-17(21)19-10-9-14-5-3-4-6-15(14)18/h3-8,11H,9-10H2,1-2H3,(H2,19,20,21). The molecule has 0 spiro atoms. The van der Waals surface area contributed by atoms with Crippen molar-refractivity contribution < 1.29 is 4.79 Å². The van der Waals surface area contributed by atoms with E-state index in [2.05, 4.69) is 26.6 Å². The number of anilines is 1. The van der Waals surface area contributed by atoms with Crippen molar-refractivity contribution in [3.8, 4) is 0 Å². The van der Waals surface area contributed by atoms with Gasteiger partial charge in [0.1, 0.15) is 0 Å². The fourth-order valence-corrected chi connectivity index (χ4v) is 2.53. The van der Waals surface area contributed by atoms with Gasteiger partial charge in [-0.2, -0.15) is 0 Å². The Bertz CT molecular complexity index is 640. The van der Waals surface area contributed by atoms with Crippen LogP contribution in [0.5, 0.6) is 0 Å². The summed E-state index contributed by atoms with van der Waals surface area (Å²) in [6.07, 6.45) is 0.793. The highest BCUT2D eigenvalue weighted by molar-refractivity contribution is 9.10. The molecule has 0 aliphatic heterocycles. The molecule has 4 heteroatoms. The zero-order valence-electron chi connectivity index (χ0n) is 12.2. The van der Waals surface area contributed by atoms with Crippen LogP contribution < -0.4 is 10.6 Å². The summed E-state index contributed by atoms with van der Waals surface area (Å²) in [5.41, 5.74) is 4.23. The second kappa shape index (κ2) is 7.27. The number of carbonyl (C=O) groups is 1. The van der Waals surface area contributed by atoms with Gasteiger partial charge in [0.15, 0.2) is 0 Å². The summed E-state index contributed by atoms with van der Waals surface area (Å²) < 4.78 is 1.07. The van der Waals surface area contributed by atoms with Crippen molar-refractivity contribution >= 4 is 27.6 Å². The minimum absolute atomic E-state index is 0.171. The summed E-state index contributed by atoms with van der Waals surface area (Å²) in [6, 6.07) is 13.9. The van der Waals surface area contributed by atoms with E-state index >= 15 is 0 Å². The molecule has 2 rings (SSSR count). The van der Waals surface area contributed by atoms with Gasteiger partial charge in [-0.3, -0.25) is 0 Å². The quantitative estimate of drug-likeness (QED) is 0.844. The van der Waals surface area contributed by atoms with Crippen LogP contribution in [0.3, 0.4) is 0 Å². The highest BCUT2D eigenvalue weighted by Gasteiger charge is 2.05. The third-order valence-corrected chi connectivity index (χ3v) is 4.05. The molecule has 0 aromatic heterocycles. The second-order valence-electron chi connectivity index (χ2n) is 5.04. The van der Waals surface area contributed by atoms with Gasteiger partial charge in [-0.1, -0.05) is 46.3 Å². The zero-order valence-corrected chi connectivity index (χ0v) is 13.8. The Labute approximate surface area is 133 Å². The largest absolute Gasteiger partial charge is 0.338 e. The lowest BCUT2D eigenvalue weighted by molar-refractivity contribution is 0.252. The monoisotopic (exact) mass is 346 g/mol. The number of hydrogen-bond donors (Lipinski definition) is 2. The van der Waals surface area contributed by atoms with E-state index in [1.54, 1.807) is 0 Å². The van der Waals surface area contributed by atoms with Gasteiger partial charge in [-0.05, 0) is 49.1 Å². The molecule has 3 nitrogen and oxygen atoms in total. The number of nitrogens with one attached hydrogen (secondary N) is 2. The van der Waals surface area contributed by atoms with Crippen LogP contribution in [0.25, 0.3) is 0 Å². The zero-order chi connectivity index (χ0) is 15.2. The minimum atomic E-state index is -0.171. The number of hydrogen-bond acceptors (Lipinski definition) is 1. The van der Waals surface area contributed by atoms with Crippen LogP contribution in [-0.2, 0) is 6.42 Å². The third-order valence-electron chi connectivity index (χ3n) is 3.28. The van der Waals surface area contributed by atoms with Gasteiger partial charge in [0.25, 0.3) is 0 Å². The summed E-state index contributed by atoms with van der Waals surface area (Å²) in [6.45, 7) is 4.59. The van der Waals surface area contributed by atoms with E-state index in [1.807, 2.05) is 56.3 Å². The fraction of sp³-hybridized carbons (Fsp3) is 0.235. The lowest BCUT2D eigenvalue weighted by Crippen LogP contribution is -2.30. The molecule has 2 aromatic carbocycles. The van der Waals surface area contributed by atoms with Gasteiger partial charge in [0, 0.05) is 16.7 Å². The number of rotatable bonds is 4. The number of aryl methyl sites for hydroxylation is 2. The summed E-state index contributed by atoms with van der Waals surface area (Å²) in [5.74, 6) is 0. The maximum atomic E-state index is 11.9. The molecule has 0 unspecified atom stereocenters. The molecule has 0 fully saturated rings. The van der Waals surface area contributed by atoms with Crippen LogP contribution in [-0.4, -0.2) is 12.6 Å². The molecule has 0 bridgehead atoms. The summed E-state index contributed by atoms with van der Waals surface area (Å²) >= 11 is 3.51. The van der Waals surface area contributed by atoms with Crippen molar-refractivity contribution in [3.63, 3.8) is 0 Å². The average molecular weight is 347 g/mol. The van der Waals surface area contributed by atoms with E-state index in [-0.39, 0.29) is 6.03 Å². The van der Waals surface area contributed by atoms with Gasteiger partial charge >= 0.3 is 6.03 Å². The maximum Gasteiger partial charge on any atom is 0.319 e. The van der Waals surface area contributed by atoms with Crippen LogP contribution in [0.4, 0.5) is 10.5 Å². The van der Waals surface area contributed by atoms with E-state index in [4.69, 9.17) is 0 Å². The fourth-order valence-electron chi connectivity index (χ4n) is 2.05. The third kappa shape index (κ3) is 4.60. The van der Waals surface area contributed by atoms with Gasteiger partial charge in [0.2, 0.25) is 0 Å². The molecule has 2 amide bonds. The lowest BCUT2D eigenvalue weighted by atomic mass is 10.1. The van der Waals surface area contributed by atoms with Crippen molar-refractivity contribution in [2.75, 3.05) is 11.9 Å². The highest BCUT2D eigenvalue weighted by Crippen LogP contribution is 2.17. The Morgan fingerprint density at radius 1 is 1.14 bits per heavy atom. The highest BCUT2D eigenvalue weighted by atomic mass is 79.9. The average Bonchev–Trinajstić information content (AvgIpc) is 2.45. The number of halogens is 1. The Hall–Kier alpha value is -1.81. The second-order valence-corrected chi connectivity index (χ2v) is 5.90. The van der Waals surface area contributed by atoms with E-state index in [0.717, 1.165) is 27.7 Å². The molecular formula is C17H19BrN2O. The van der Waals surface area contributed by atoms with Crippen LogP contribution in [0.1, 0.15) is 16.7 Å². The van der Waals surface area contributed by atoms with Crippen molar-refractivity contribution in [3.05, 3.63) is 63.6 Å². The Kier molecular flexibility index (Phi) is 5.39. The lowest BCUT2D eigenvalue weighted by Gasteiger charge is -2.11. The van der Waals surface area contributed by atoms with Gasteiger partial charge in [0.05, 0.1) is 0 Å². The molecule has 0 aliphatic rings. The van der Waals surface area contributed by atoms with E-state index in [0.29, 0.717) is 6.54 Å². The predicted octanol–water partition coefficient (Wildman–Crippen LogP) is 4.43. The first-order chi connectivity index (χ1) is 10.1. The summed E-state index contributed by atoms with van der Waals surface area (Å²) in [7, 11) is 0. The Morgan fingerprint density at radius 3 is 2.67 bits per heavy atom. The molecule has 110 valence electrons.